The average Bonchev–Trinajstić information content (AvgIpc) is 2.65. The summed E-state index contributed by atoms with van der Waals surface area (Å²) in [4.78, 5) is 22.5. The molecule has 0 aromatic carbocycles. The standard InChI is InChI=1S/C13H20O5/c1-5-6-7-10(14)16-8-9-11(13(2,3)4)18-12(15)17-9/h5-8H2,1-4H3. The molecule has 0 unspecified atom stereocenters. The van der Waals surface area contributed by atoms with Gasteiger partial charge < -0.3 is 13.6 Å². The number of hydrogen-bond donors (Lipinski definition) is 0. The lowest BCUT2D eigenvalue weighted by Crippen LogP contribution is -2.14. The van der Waals surface area contributed by atoms with E-state index in [0.717, 1.165) is 12.8 Å². The summed E-state index contributed by atoms with van der Waals surface area (Å²) in [5, 5.41) is 0. The Morgan fingerprint density at radius 2 is 1.94 bits per heavy atom. The Hall–Kier alpha value is -1.52. The minimum Gasteiger partial charge on any atom is -0.457 e. The molecule has 0 saturated heterocycles. The van der Waals surface area contributed by atoms with Crippen molar-refractivity contribution < 1.29 is 18.4 Å². The zero-order valence-electron chi connectivity index (χ0n) is 11.4. The van der Waals surface area contributed by atoms with E-state index in [4.69, 9.17) is 13.6 Å². The zero-order valence-corrected chi connectivity index (χ0v) is 11.4. The molecule has 0 N–H and O–H groups in total. The van der Waals surface area contributed by atoms with Crippen molar-refractivity contribution in [3.05, 3.63) is 22.1 Å². The highest BCUT2D eigenvalue weighted by Gasteiger charge is 2.26. The second-order valence-electron chi connectivity index (χ2n) is 5.22. The molecule has 1 heterocycles. The fourth-order valence-corrected chi connectivity index (χ4v) is 1.51. The summed E-state index contributed by atoms with van der Waals surface area (Å²) < 4.78 is 14.9. The van der Waals surface area contributed by atoms with E-state index in [1.165, 1.54) is 0 Å². The van der Waals surface area contributed by atoms with Gasteiger partial charge in [0.25, 0.3) is 0 Å². The number of unbranched alkanes of at least 4 members (excludes halogenated alkanes) is 1. The first-order valence-electron chi connectivity index (χ1n) is 6.13. The van der Waals surface area contributed by atoms with E-state index in [1.807, 2.05) is 27.7 Å². The van der Waals surface area contributed by atoms with Crippen LogP contribution in [0.5, 0.6) is 0 Å². The molecule has 5 nitrogen and oxygen atoms in total. The van der Waals surface area contributed by atoms with Crippen molar-refractivity contribution in [3.63, 3.8) is 0 Å². The summed E-state index contributed by atoms with van der Waals surface area (Å²) in [6.45, 7) is 7.62. The van der Waals surface area contributed by atoms with Crippen LogP contribution < -0.4 is 5.82 Å². The maximum atomic E-state index is 11.4. The van der Waals surface area contributed by atoms with Gasteiger partial charge in [-0.15, -0.1) is 0 Å². The molecule has 0 bridgehead atoms. The summed E-state index contributed by atoms with van der Waals surface area (Å²) in [6, 6.07) is 0. The molecule has 0 fully saturated rings. The lowest BCUT2D eigenvalue weighted by molar-refractivity contribution is -0.145. The van der Waals surface area contributed by atoms with Gasteiger partial charge in [0, 0.05) is 11.8 Å². The smallest absolute Gasteiger partial charge is 0.457 e. The van der Waals surface area contributed by atoms with Crippen LogP contribution in [0.4, 0.5) is 0 Å². The first-order chi connectivity index (χ1) is 8.34. The molecule has 0 amide bonds. The Morgan fingerprint density at radius 3 is 2.50 bits per heavy atom. The first kappa shape index (κ1) is 14.5. The van der Waals surface area contributed by atoms with E-state index < -0.39 is 5.82 Å². The summed E-state index contributed by atoms with van der Waals surface area (Å²) in [5.74, 6) is -0.340. The predicted octanol–water partition coefficient (Wildman–Crippen LogP) is 2.76. The van der Waals surface area contributed by atoms with Gasteiger partial charge in [-0.2, -0.15) is 0 Å². The van der Waals surface area contributed by atoms with E-state index in [9.17, 15) is 9.59 Å². The maximum Gasteiger partial charge on any atom is 0.519 e. The number of carbonyl (C=O) groups excluding carboxylic acids is 1. The maximum absolute atomic E-state index is 11.4. The van der Waals surface area contributed by atoms with Crippen LogP contribution in [0.25, 0.3) is 0 Å². The Balaban J connectivity index is 2.68. The molecule has 1 rings (SSSR count). The van der Waals surface area contributed by atoms with E-state index >= 15 is 0 Å². The second kappa shape index (κ2) is 5.89. The van der Waals surface area contributed by atoms with E-state index in [0.29, 0.717) is 12.2 Å². The highest BCUT2D eigenvalue weighted by molar-refractivity contribution is 5.69. The van der Waals surface area contributed by atoms with Crippen molar-refractivity contribution in [1.82, 2.24) is 0 Å². The molecule has 0 spiro atoms. The fourth-order valence-electron chi connectivity index (χ4n) is 1.51. The van der Waals surface area contributed by atoms with Crippen LogP contribution in [0, 0.1) is 0 Å². The van der Waals surface area contributed by atoms with Crippen molar-refractivity contribution in [2.24, 2.45) is 0 Å². The van der Waals surface area contributed by atoms with Gasteiger partial charge in [0.1, 0.15) is 0 Å². The summed E-state index contributed by atoms with van der Waals surface area (Å²) in [7, 11) is 0. The largest absolute Gasteiger partial charge is 0.519 e. The fraction of sp³-hybridized carbons (Fsp3) is 0.692. The minimum atomic E-state index is -0.764. The van der Waals surface area contributed by atoms with Crippen molar-refractivity contribution in [2.75, 3.05) is 0 Å². The Bertz CT molecular complexity index is 447. The van der Waals surface area contributed by atoms with Crippen LogP contribution in [0.1, 0.15) is 58.5 Å². The zero-order chi connectivity index (χ0) is 13.8. The predicted molar refractivity (Wildman–Crippen MR) is 65.3 cm³/mol. The van der Waals surface area contributed by atoms with Crippen LogP contribution in [-0.4, -0.2) is 5.97 Å². The highest BCUT2D eigenvalue weighted by Crippen LogP contribution is 2.25. The first-order valence-corrected chi connectivity index (χ1v) is 6.13. The van der Waals surface area contributed by atoms with Gasteiger partial charge in [0.05, 0.1) is 0 Å². The second-order valence-corrected chi connectivity index (χ2v) is 5.22. The van der Waals surface area contributed by atoms with Crippen molar-refractivity contribution in [2.45, 2.75) is 59.0 Å². The molecular formula is C13H20O5. The molecule has 102 valence electrons. The van der Waals surface area contributed by atoms with Crippen molar-refractivity contribution >= 4 is 5.97 Å². The number of esters is 1. The SMILES string of the molecule is CCCCC(=O)OCc1oc(=O)oc1C(C)(C)C. The van der Waals surface area contributed by atoms with Crippen LogP contribution in [0.3, 0.4) is 0 Å². The molecule has 0 saturated carbocycles. The normalized spacial score (nSPS) is 11.6. The van der Waals surface area contributed by atoms with Gasteiger partial charge in [-0.3, -0.25) is 4.79 Å². The van der Waals surface area contributed by atoms with Crippen LogP contribution in [0.2, 0.25) is 0 Å². The van der Waals surface area contributed by atoms with Gasteiger partial charge >= 0.3 is 11.8 Å². The van der Waals surface area contributed by atoms with Gasteiger partial charge in [-0.1, -0.05) is 34.1 Å². The van der Waals surface area contributed by atoms with Gasteiger partial charge in [-0.05, 0) is 6.42 Å². The van der Waals surface area contributed by atoms with Gasteiger partial charge in [0.15, 0.2) is 18.1 Å². The Labute approximate surface area is 106 Å². The van der Waals surface area contributed by atoms with Gasteiger partial charge in [-0.25, -0.2) is 4.79 Å². The van der Waals surface area contributed by atoms with E-state index in [2.05, 4.69) is 0 Å². The van der Waals surface area contributed by atoms with Crippen LogP contribution in [0.15, 0.2) is 13.6 Å². The molecule has 0 radical (unpaired) electrons. The topological polar surface area (TPSA) is 69.7 Å². The summed E-state index contributed by atoms with van der Waals surface area (Å²) >= 11 is 0. The number of ether oxygens (including phenoxy) is 1. The third-order valence-corrected chi connectivity index (χ3v) is 2.43. The van der Waals surface area contributed by atoms with E-state index in [-0.39, 0.29) is 23.8 Å². The quantitative estimate of drug-likeness (QED) is 0.757. The number of hydrogen-bond acceptors (Lipinski definition) is 5. The monoisotopic (exact) mass is 256 g/mol. The number of carbonyl (C=O) groups is 1. The van der Waals surface area contributed by atoms with Crippen LogP contribution >= 0.6 is 0 Å². The van der Waals surface area contributed by atoms with E-state index in [1.54, 1.807) is 0 Å². The molecule has 0 aliphatic carbocycles. The van der Waals surface area contributed by atoms with Gasteiger partial charge in [0.2, 0.25) is 0 Å². The molecule has 5 heteroatoms. The molecule has 1 aromatic heterocycles. The summed E-state index contributed by atoms with van der Waals surface area (Å²) in [5.41, 5.74) is -0.364. The van der Waals surface area contributed by atoms with Crippen LogP contribution in [-0.2, 0) is 21.6 Å². The highest BCUT2D eigenvalue weighted by atomic mass is 16.6. The lowest BCUT2D eigenvalue weighted by atomic mass is 9.92. The van der Waals surface area contributed by atoms with Crippen molar-refractivity contribution in [1.29, 1.82) is 0 Å². The molecule has 18 heavy (non-hydrogen) atoms. The molecule has 0 aliphatic heterocycles. The van der Waals surface area contributed by atoms with Crippen molar-refractivity contribution in [3.8, 4) is 0 Å². The average molecular weight is 256 g/mol. The Kier molecular flexibility index (Phi) is 4.76. The summed E-state index contributed by atoms with van der Waals surface area (Å²) in [6.07, 6.45) is 2.10. The molecule has 0 aliphatic rings. The third kappa shape index (κ3) is 4.05. The molecular weight excluding hydrogens is 236 g/mol. The molecule has 1 aromatic rings. The lowest BCUT2D eigenvalue weighted by Gasteiger charge is -2.14. The Morgan fingerprint density at radius 1 is 1.28 bits per heavy atom. The minimum absolute atomic E-state index is 0.0547. The third-order valence-electron chi connectivity index (χ3n) is 2.43. The molecule has 0 atom stereocenters. The number of rotatable bonds is 5.